The molecule has 1 fully saturated rings. The number of anilines is 5. The van der Waals surface area contributed by atoms with Crippen molar-refractivity contribution in [2.45, 2.75) is 175 Å². The molecule has 3 atom stereocenters. The molecule has 6 aliphatic rings. The third-order valence-corrected chi connectivity index (χ3v) is 18.3. The second kappa shape index (κ2) is 14.1. The molecule has 3 nitrogen and oxygen atoms in total. The minimum atomic E-state index is -0.153. The molecule has 2 aliphatic heterocycles. The van der Waals surface area contributed by atoms with Crippen molar-refractivity contribution in [3.63, 3.8) is 0 Å². The van der Waals surface area contributed by atoms with Gasteiger partial charge in [-0.05, 0) is 163 Å². The molecule has 5 aromatic carbocycles. The van der Waals surface area contributed by atoms with Crippen LogP contribution in [0.1, 0.15) is 170 Å². The monoisotopic (exact) mass is 909 g/mol. The maximum atomic E-state index is 7.70. The predicted octanol–water partition coefficient (Wildman–Crippen LogP) is 15.5. The molecule has 0 saturated heterocycles. The van der Waals surface area contributed by atoms with Gasteiger partial charge in [0.1, 0.15) is 5.58 Å². The van der Waals surface area contributed by atoms with E-state index in [0.29, 0.717) is 0 Å². The predicted molar refractivity (Wildman–Crippen MR) is 293 cm³/mol. The summed E-state index contributed by atoms with van der Waals surface area (Å²) in [5, 5.41) is 1.27. The number of nitrogens with zero attached hydrogens (tertiary/aromatic N) is 2. The molecule has 0 amide bonds. The van der Waals surface area contributed by atoms with Gasteiger partial charge in [-0.3, -0.25) is 0 Å². The summed E-state index contributed by atoms with van der Waals surface area (Å²) in [4.78, 5) is 5.36. The second-order valence-electron chi connectivity index (χ2n) is 27.3. The molecule has 1 aromatic heterocycles. The van der Waals surface area contributed by atoms with Gasteiger partial charge in [-0.25, -0.2) is 0 Å². The highest BCUT2D eigenvalue weighted by Gasteiger charge is 2.55. The minimum absolute atomic E-state index is 0.0303. The van der Waals surface area contributed by atoms with Gasteiger partial charge in [-0.1, -0.05) is 170 Å². The van der Waals surface area contributed by atoms with Crippen LogP contribution >= 0.6 is 0 Å². The molecule has 0 radical (unpaired) electrons. The van der Waals surface area contributed by atoms with E-state index in [1.807, 2.05) is 0 Å². The standard InChI is InChI=1S/C65H73BN2O/c1-59(2,3)40-21-25-51(44(31-40)39-19-17-16-18-20-39)68-52-26-22-41(60(4,5)6)32-50(52)66-56-53(33-42(34-54(56)68)61(7,8)9)67(43-23-24-46-47(35-43)63(12,13)28-27-62(46,10)11)57-45-36-48-49(37-55(45)69-58(57)66)65(15)30-29-64(48,14)38-65/h16-21,23-25,31-34,36-37,43H,27-30,35,38H2,1-15H3. The van der Waals surface area contributed by atoms with Crippen LogP contribution in [0.4, 0.5) is 28.4 Å². The number of hydrogen-bond donors (Lipinski definition) is 0. The average molecular weight is 909 g/mol. The number of rotatable bonds is 3. The van der Waals surface area contributed by atoms with Crippen molar-refractivity contribution < 1.29 is 4.42 Å². The Hall–Kier alpha value is -5.40. The van der Waals surface area contributed by atoms with Crippen LogP contribution in [0.5, 0.6) is 0 Å². The van der Waals surface area contributed by atoms with E-state index in [9.17, 15) is 0 Å². The minimum Gasteiger partial charge on any atom is -0.468 e. The Balaban J connectivity index is 1.20. The largest absolute Gasteiger partial charge is 0.468 e. The third-order valence-electron chi connectivity index (χ3n) is 18.3. The van der Waals surface area contributed by atoms with E-state index in [4.69, 9.17) is 4.42 Å². The zero-order valence-electron chi connectivity index (χ0n) is 44.4. The second-order valence-corrected chi connectivity index (χ2v) is 27.3. The van der Waals surface area contributed by atoms with Crippen LogP contribution in [0.2, 0.25) is 0 Å². The van der Waals surface area contributed by atoms with Crippen molar-refractivity contribution in [2.24, 2.45) is 10.8 Å². The van der Waals surface area contributed by atoms with Crippen LogP contribution in [0.3, 0.4) is 0 Å². The van der Waals surface area contributed by atoms with Crippen LogP contribution < -0.4 is 26.4 Å². The first-order valence-corrected chi connectivity index (χ1v) is 26.3. The molecular weight excluding hydrogens is 836 g/mol. The SMILES string of the molecule is CC1(C)CCC(C)(C)C2=C1C=CC(N1c3cc(C(C)(C)C)cc4c3B(c3cc(C(C)(C)C)c#cc3N4c3ccc(C(C)(C)C)cc3-c3ccccc3)c3oc4cc5c(cc4c31)C1(C)CCC5(C)C1)C2. The highest BCUT2D eigenvalue weighted by atomic mass is 16.3. The number of benzene rings is 4. The Labute approximate surface area is 414 Å². The number of fused-ring (bicyclic) bond motifs is 11. The lowest BCUT2D eigenvalue weighted by Crippen LogP contribution is -2.62. The summed E-state index contributed by atoms with van der Waals surface area (Å²) in [5.74, 6) is 0. The van der Waals surface area contributed by atoms with Gasteiger partial charge in [0.25, 0.3) is 6.71 Å². The summed E-state index contributed by atoms with van der Waals surface area (Å²) < 4.78 is 7.70. The van der Waals surface area contributed by atoms with Gasteiger partial charge in [0, 0.05) is 27.9 Å². The van der Waals surface area contributed by atoms with E-state index in [0.717, 1.165) is 34.6 Å². The van der Waals surface area contributed by atoms with E-state index < -0.39 is 0 Å². The van der Waals surface area contributed by atoms with E-state index in [-0.39, 0.29) is 50.7 Å². The molecule has 0 N–H and O–H groups in total. The molecule has 4 aliphatic carbocycles. The lowest BCUT2D eigenvalue weighted by Gasteiger charge is -2.49. The maximum absolute atomic E-state index is 7.70. The first kappa shape index (κ1) is 44.8. The van der Waals surface area contributed by atoms with E-state index in [1.54, 1.807) is 16.7 Å². The molecule has 1 saturated carbocycles. The Kier molecular flexibility index (Phi) is 9.18. The van der Waals surface area contributed by atoms with E-state index in [2.05, 4.69) is 217 Å². The quantitative estimate of drug-likeness (QED) is 0.165. The Morgan fingerprint density at radius 2 is 1.32 bits per heavy atom. The number of furan rings is 1. The molecular formula is C65H73BN2O. The van der Waals surface area contributed by atoms with E-state index in [1.165, 1.54) is 93.3 Å². The van der Waals surface area contributed by atoms with Crippen LogP contribution in [-0.4, -0.2) is 12.8 Å². The fourth-order valence-corrected chi connectivity index (χ4v) is 14.0. The van der Waals surface area contributed by atoms with Crippen LogP contribution in [0.15, 0.2) is 107 Å². The zero-order chi connectivity index (χ0) is 48.7. The van der Waals surface area contributed by atoms with Gasteiger partial charge in [-0.15, -0.1) is 0 Å². The molecule has 6 aromatic rings. The normalized spacial score (nSPS) is 24.0. The van der Waals surface area contributed by atoms with Gasteiger partial charge in [-0.2, -0.15) is 0 Å². The Bertz CT molecular complexity index is 3230. The van der Waals surface area contributed by atoms with Crippen molar-refractivity contribution in [2.75, 3.05) is 9.80 Å². The first-order valence-electron chi connectivity index (χ1n) is 26.3. The summed E-state index contributed by atoms with van der Waals surface area (Å²) in [6, 6.07) is 38.7. The molecule has 3 unspecified atom stereocenters. The van der Waals surface area contributed by atoms with Gasteiger partial charge in [0.05, 0.1) is 28.8 Å². The van der Waals surface area contributed by atoms with Crippen molar-refractivity contribution in [3.05, 3.63) is 142 Å². The Morgan fingerprint density at radius 1 is 0.652 bits per heavy atom. The number of hydrogen-bond acceptors (Lipinski definition) is 3. The molecule has 352 valence electrons. The van der Waals surface area contributed by atoms with Crippen LogP contribution in [0.25, 0.3) is 22.1 Å². The van der Waals surface area contributed by atoms with Crippen molar-refractivity contribution in [1.29, 1.82) is 0 Å². The molecule has 0 spiro atoms. The molecule has 12 rings (SSSR count). The van der Waals surface area contributed by atoms with Gasteiger partial charge < -0.3 is 14.2 Å². The van der Waals surface area contributed by atoms with Crippen LogP contribution in [0, 0.1) is 23.0 Å². The molecule has 3 heterocycles. The molecule has 4 heteroatoms. The van der Waals surface area contributed by atoms with E-state index >= 15 is 0 Å². The molecule has 2 bridgehead atoms. The highest BCUT2D eigenvalue weighted by molar-refractivity contribution is 6.99. The zero-order valence-corrected chi connectivity index (χ0v) is 44.4. The summed E-state index contributed by atoms with van der Waals surface area (Å²) >= 11 is 0. The van der Waals surface area contributed by atoms with Gasteiger partial charge in [0.15, 0.2) is 0 Å². The van der Waals surface area contributed by atoms with Crippen molar-refractivity contribution >= 4 is 62.7 Å². The fraction of sp³-hybridized carbons (Fsp3) is 0.446. The molecule has 69 heavy (non-hydrogen) atoms. The maximum Gasteiger partial charge on any atom is 0.297 e. The van der Waals surface area contributed by atoms with Gasteiger partial charge in [0.2, 0.25) is 0 Å². The average Bonchev–Trinajstić information content (AvgIpc) is 3.90. The van der Waals surface area contributed by atoms with Crippen LogP contribution in [-0.2, 0) is 27.1 Å². The van der Waals surface area contributed by atoms with Crippen molar-refractivity contribution in [3.8, 4) is 11.1 Å². The topological polar surface area (TPSA) is 19.6 Å². The summed E-state index contributed by atoms with van der Waals surface area (Å²) in [6.45, 7) is 35.9. The summed E-state index contributed by atoms with van der Waals surface area (Å²) in [7, 11) is 0. The lowest BCUT2D eigenvalue weighted by molar-refractivity contribution is 0.256. The Morgan fingerprint density at radius 3 is 2.00 bits per heavy atom. The fourth-order valence-electron chi connectivity index (χ4n) is 14.0. The summed E-state index contributed by atoms with van der Waals surface area (Å²) in [6.07, 6.45) is 12.2. The lowest BCUT2D eigenvalue weighted by atomic mass is 9.35. The first-order chi connectivity index (χ1) is 32.3. The van der Waals surface area contributed by atoms with Crippen molar-refractivity contribution in [1.82, 2.24) is 0 Å². The third kappa shape index (κ3) is 6.53. The summed E-state index contributed by atoms with van der Waals surface area (Å²) in [5.41, 5.74) is 23.4. The number of allylic oxidation sites excluding steroid dienone is 2. The smallest absolute Gasteiger partial charge is 0.297 e. The van der Waals surface area contributed by atoms with Gasteiger partial charge >= 0.3 is 0 Å². The highest BCUT2D eigenvalue weighted by Crippen LogP contribution is 2.62.